The van der Waals surface area contributed by atoms with E-state index >= 15 is 0 Å². The number of hydrogen-bond donors (Lipinski definition) is 2. The molecule has 0 unspecified atom stereocenters. The first kappa shape index (κ1) is 21.0. The molecule has 0 aliphatic carbocycles. The zero-order valence-corrected chi connectivity index (χ0v) is 16.8. The van der Waals surface area contributed by atoms with Crippen molar-refractivity contribution in [1.29, 1.82) is 0 Å². The molecule has 0 aromatic heterocycles. The molecule has 28 heavy (non-hydrogen) atoms. The second-order valence-corrected chi connectivity index (χ2v) is 7.43. The monoisotopic (exact) mass is 390 g/mol. The van der Waals surface area contributed by atoms with E-state index in [1.54, 1.807) is 0 Å². The maximum absolute atomic E-state index is 12.1. The Morgan fingerprint density at radius 2 is 1.50 bits per heavy atom. The molecule has 2 aliphatic heterocycles. The molecular formula is C21H34N4O3. The smallest absolute Gasteiger partial charge is 0.315 e. The molecule has 156 valence electrons. The zero-order valence-electron chi connectivity index (χ0n) is 16.8. The van der Waals surface area contributed by atoms with Gasteiger partial charge in [-0.1, -0.05) is 24.3 Å². The van der Waals surface area contributed by atoms with E-state index in [4.69, 9.17) is 9.47 Å². The van der Waals surface area contributed by atoms with E-state index in [0.29, 0.717) is 13.1 Å². The summed E-state index contributed by atoms with van der Waals surface area (Å²) in [5, 5.41) is 5.97. The van der Waals surface area contributed by atoms with Crippen molar-refractivity contribution in [2.45, 2.75) is 25.9 Å². The molecule has 0 saturated carbocycles. The number of ether oxygens (including phenoxy) is 2. The Balaban J connectivity index is 1.31. The van der Waals surface area contributed by atoms with E-state index < -0.39 is 0 Å². The fourth-order valence-corrected chi connectivity index (χ4v) is 3.61. The van der Waals surface area contributed by atoms with Crippen LogP contribution in [0.4, 0.5) is 4.79 Å². The average Bonchev–Trinajstić information content (AvgIpc) is 2.74. The molecule has 2 amide bonds. The SMILES string of the molecule is O=C(NCCCCN1CCOCC1)NCc1ccccc1CN1CCOCC1. The molecule has 7 nitrogen and oxygen atoms in total. The Morgan fingerprint density at radius 3 is 2.21 bits per heavy atom. The molecule has 0 spiro atoms. The van der Waals surface area contributed by atoms with Crippen molar-refractivity contribution in [3.63, 3.8) is 0 Å². The van der Waals surface area contributed by atoms with Crippen molar-refractivity contribution in [1.82, 2.24) is 20.4 Å². The van der Waals surface area contributed by atoms with Gasteiger partial charge in [-0.25, -0.2) is 4.79 Å². The van der Waals surface area contributed by atoms with E-state index in [1.165, 1.54) is 11.1 Å². The lowest BCUT2D eigenvalue weighted by atomic mass is 10.1. The van der Waals surface area contributed by atoms with E-state index in [0.717, 1.165) is 78.5 Å². The van der Waals surface area contributed by atoms with Crippen LogP contribution in [0.1, 0.15) is 24.0 Å². The maximum Gasteiger partial charge on any atom is 0.315 e. The van der Waals surface area contributed by atoms with Gasteiger partial charge in [0.25, 0.3) is 0 Å². The number of carbonyl (C=O) groups excluding carboxylic acids is 1. The Labute approximate surface area is 168 Å². The number of nitrogens with one attached hydrogen (secondary N) is 2. The summed E-state index contributed by atoms with van der Waals surface area (Å²) in [6.07, 6.45) is 2.10. The van der Waals surface area contributed by atoms with Crippen LogP contribution in [0, 0.1) is 0 Å². The van der Waals surface area contributed by atoms with Gasteiger partial charge in [-0.05, 0) is 30.5 Å². The Hall–Kier alpha value is -1.67. The number of urea groups is 1. The highest BCUT2D eigenvalue weighted by molar-refractivity contribution is 5.73. The van der Waals surface area contributed by atoms with E-state index in [-0.39, 0.29) is 6.03 Å². The minimum Gasteiger partial charge on any atom is -0.379 e. The second-order valence-electron chi connectivity index (χ2n) is 7.43. The number of benzene rings is 1. The number of rotatable bonds is 9. The minimum absolute atomic E-state index is 0.0902. The van der Waals surface area contributed by atoms with Gasteiger partial charge >= 0.3 is 6.03 Å². The van der Waals surface area contributed by atoms with Gasteiger partial charge in [0, 0.05) is 45.8 Å². The van der Waals surface area contributed by atoms with Crippen molar-refractivity contribution in [2.75, 3.05) is 65.7 Å². The number of hydrogen-bond acceptors (Lipinski definition) is 5. The van der Waals surface area contributed by atoms with Crippen LogP contribution >= 0.6 is 0 Å². The molecule has 2 heterocycles. The van der Waals surface area contributed by atoms with Gasteiger partial charge in [0.05, 0.1) is 26.4 Å². The molecule has 1 aromatic rings. The third-order valence-corrected chi connectivity index (χ3v) is 5.35. The lowest BCUT2D eigenvalue weighted by molar-refractivity contribution is 0.0341. The Morgan fingerprint density at radius 1 is 0.857 bits per heavy atom. The molecule has 0 bridgehead atoms. The van der Waals surface area contributed by atoms with E-state index in [1.807, 2.05) is 6.07 Å². The minimum atomic E-state index is -0.0902. The maximum atomic E-state index is 12.1. The number of amides is 2. The highest BCUT2D eigenvalue weighted by atomic mass is 16.5. The normalized spacial score (nSPS) is 18.7. The van der Waals surface area contributed by atoms with Gasteiger partial charge in [-0.2, -0.15) is 0 Å². The molecule has 7 heteroatoms. The van der Waals surface area contributed by atoms with E-state index in [2.05, 4.69) is 38.6 Å². The standard InChI is InChI=1S/C21H34N4O3/c26-21(22-7-3-4-8-24-9-13-27-14-10-24)23-17-19-5-1-2-6-20(19)18-25-11-15-28-16-12-25/h1-2,5-6H,3-4,7-18H2,(H2,22,23,26). The summed E-state index contributed by atoms with van der Waals surface area (Å²) in [6, 6.07) is 8.25. The van der Waals surface area contributed by atoms with Crippen LogP contribution < -0.4 is 10.6 Å². The third kappa shape index (κ3) is 7.39. The van der Waals surface area contributed by atoms with Crippen molar-refractivity contribution >= 4 is 6.03 Å². The molecular weight excluding hydrogens is 356 g/mol. The van der Waals surface area contributed by atoms with Gasteiger partial charge in [-0.15, -0.1) is 0 Å². The molecule has 2 N–H and O–H groups in total. The van der Waals surface area contributed by atoms with Gasteiger partial charge in [0.2, 0.25) is 0 Å². The highest BCUT2D eigenvalue weighted by Gasteiger charge is 2.13. The van der Waals surface area contributed by atoms with Crippen LogP contribution in [0.15, 0.2) is 24.3 Å². The predicted molar refractivity (Wildman–Crippen MR) is 109 cm³/mol. The summed E-state index contributed by atoms with van der Waals surface area (Å²) in [5.74, 6) is 0. The average molecular weight is 391 g/mol. The van der Waals surface area contributed by atoms with Gasteiger partial charge in [0.1, 0.15) is 0 Å². The first-order valence-electron chi connectivity index (χ1n) is 10.5. The van der Waals surface area contributed by atoms with Crippen LogP contribution in [-0.2, 0) is 22.6 Å². The predicted octanol–water partition coefficient (Wildman–Crippen LogP) is 1.43. The topological polar surface area (TPSA) is 66.1 Å². The van der Waals surface area contributed by atoms with Crippen molar-refractivity contribution < 1.29 is 14.3 Å². The van der Waals surface area contributed by atoms with E-state index in [9.17, 15) is 4.79 Å². The summed E-state index contributed by atoms with van der Waals surface area (Å²) in [7, 11) is 0. The van der Waals surface area contributed by atoms with Crippen LogP contribution in [0.2, 0.25) is 0 Å². The van der Waals surface area contributed by atoms with Crippen LogP contribution in [0.3, 0.4) is 0 Å². The first-order valence-corrected chi connectivity index (χ1v) is 10.5. The summed E-state index contributed by atoms with van der Waals surface area (Å²) >= 11 is 0. The second kappa shape index (κ2) is 12.0. The zero-order chi connectivity index (χ0) is 19.4. The Kier molecular flexibility index (Phi) is 9.03. The summed E-state index contributed by atoms with van der Waals surface area (Å²) in [4.78, 5) is 16.9. The third-order valence-electron chi connectivity index (χ3n) is 5.35. The summed E-state index contributed by atoms with van der Waals surface area (Å²) in [5.41, 5.74) is 2.45. The van der Waals surface area contributed by atoms with Gasteiger partial charge in [-0.3, -0.25) is 9.80 Å². The van der Waals surface area contributed by atoms with Gasteiger partial charge in [0.15, 0.2) is 0 Å². The molecule has 0 radical (unpaired) electrons. The lowest BCUT2D eigenvalue weighted by Crippen LogP contribution is -2.38. The van der Waals surface area contributed by atoms with Crippen LogP contribution in [0.5, 0.6) is 0 Å². The quantitative estimate of drug-likeness (QED) is 0.625. The van der Waals surface area contributed by atoms with Gasteiger partial charge < -0.3 is 20.1 Å². The van der Waals surface area contributed by atoms with Crippen molar-refractivity contribution in [3.8, 4) is 0 Å². The fourth-order valence-electron chi connectivity index (χ4n) is 3.61. The number of carbonyl (C=O) groups is 1. The van der Waals surface area contributed by atoms with Crippen LogP contribution in [-0.4, -0.2) is 81.5 Å². The van der Waals surface area contributed by atoms with Crippen molar-refractivity contribution in [3.05, 3.63) is 35.4 Å². The molecule has 2 fully saturated rings. The number of nitrogens with zero attached hydrogens (tertiary/aromatic N) is 2. The van der Waals surface area contributed by atoms with Crippen molar-refractivity contribution in [2.24, 2.45) is 0 Å². The number of morpholine rings is 2. The fraction of sp³-hybridized carbons (Fsp3) is 0.667. The molecule has 2 saturated heterocycles. The highest BCUT2D eigenvalue weighted by Crippen LogP contribution is 2.13. The summed E-state index contributed by atoms with van der Waals surface area (Å²) in [6.45, 7) is 10.5. The molecule has 3 rings (SSSR count). The molecule has 2 aliphatic rings. The Bertz CT molecular complexity index is 587. The summed E-state index contributed by atoms with van der Waals surface area (Å²) < 4.78 is 10.8. The molecule has 1 aromatic carbocycles. The largest absolute Gasteiger partial charge is 0.379 e. The number of unbranched alkanes of at least 4 members (excludes halogenated alkanes) is 1. The first-order chi connectivity index (χ1) is 13.8. The van der Waals surface area contributed by atoms with Crippen LogP contribution in [0.25, 0.3) is 0 Å². The molecule has 0 atom stereocenters. The lowest BCUT2D eigenvalue weighted by Gasteiger charge is -2.27.